The standard InChI is InChI=1S/C15H15FN2O/c1-10-3-2-4-11(7-10)8-15(19)18-12-5-6-14(17)13(16)9-12/h2-7,9H,8,17H2,1H3,(H,18,19). The molecule has 2 rings (SSSR count). The molecule has 0 atom stereocenters. The van der Waals surface area contributed by atoms with E-state index in [-0.39, 0.29) is 18.0 Å². The average Bonchev–Trinajstić information content (AvgIpc) is 2.34. The lowest BCUT2D eigenvalue weighted by atomic mass is 10.1. The second kappa shape index (κ2) is 5.52. The van der Waals surface area contributed by atoms with Crippen LogP contribution in [-0.4, -0.2) is 5.91 Å². The van der Waals surface area contributed by atoms with Gasteiger partial charge in [0.15, 0.2) is 0 Å². The molecule has 2 aromatic carbocycles. The van der Waals surface area contributed by atoms with Crippen LogP contribution in [-0.2, 0) is 11.2 Å². The van der Waals surface area contributed by atoms with Gasteiger partial charge >= 0.3 is 0 Å². The van der Waals surface area contributed by atoms with E-state index in [9.17, 15) is 9.18 Å². The molecule has 0 radical (unpaired) electrons. The maximum atomic E-state index is 13.2. The summed E-state index contributed by atoms with van der Waals surface area (Å²) in [5.41, 5.74) is 7.87. The SMILES string of the molecule is Cc1cccc(CC(=O)Nc2ccc(N)c(F)c2)c1. The van der Waals surface area contributed by atoms with E-state index < -0.39 is 5.82 Å². The van der Waals surface area contributed by atoms with Gasteiger partial charge in [-0.25, -0.2) is 4.39 Å². The molecule has 0 aliphatic carbocycles. The zero-order valence-electron chi connectivity index (χ0n) is 10.6. The Morgan fingerprint density at radius 1 is 1.26 bits per heavy atom. The Labute approximate surface area is 111 Å². The van der Waals surface area contributed by atoms with E-state index in [4.69, 9.17) is 5.73 Å². The molecule has 19 heavy (non-hydrogen) atoms. The van der Waals surface area contributed by atoms with Crippen LogP contribution in [0.4, 0.5) is 15.8 Å². The number of hydrogen-bond donors (Lipinski definition) is 2. The largest absolute Gasteiger partial charge is 0.396 e. The third-order valence-electron chi connectivity index (χ3n) is 2.73. The van der Waals surface area contributed by atoms with Crippen molar-refractivity contribution in [2.75, 3.05) is 11.1 Å². The van der Waals surface area contributed by atoms with Gasteiger partial charge in [-0.2, -0.15) is 0 Å². The molecule has 2 aromatic rings. The van der Waals surface area contributed by atoms with Crippen LogP contribution < -0.4 is 11.1 Å². The van der Waals surface area contributed by atoms with Crippen LogP contribution in [0.1, 0.15) is 11.1 Å². The van der Waals surface area contributed by atoms with Gasteiger partial charge in [-0.15, -0.1) is 0 Å². The van der Waals surface area contributed by atoms with E-state index in [2.05, 4.69) is 5.32 Å². The lowest BCUT2D eigenvalue weighted by molar-refractivity contribution is -0.115. The number of nitrogen functional groups attached to an aromatic ring is 1. The number of carbonyl (C=O) groups is 1. The Morgan fingerprint density at radius 2 is 2.05 bits per heavy atom. The molecule has 1 amide bonds. The minimum Gasteiger partial charge on any atom is -0.396 e. The number of amides is 1. The number of anilines is 2. The molecule has 0 unspecified atom stereocenters. The molecule has 4 heteroatoms. The van der Waals surface area contributed by atoms with E-state index in [1.807, 2.05) is 31.2 Å². The molecule has 0 saturated heterocycles. The number of benzene rings is 2. The van der Waals surface area contributed by atoms with Crippen LogP contribution in [0.2, 0.25) is 0 Å². The number of carbonyl (C=O) groups excluding carboxylic acids is 1. The molecular formula is C15H15FN2O. The van der Waals surface area contributed by atoms with E-state index in [1.165, 1.54) is 12.1 Å². The van der Waals surface area contributed by atoms with Gasteiger partial charge in [-0.1, -0.05) is 29.8 Å². The van der Waals surface area contributed by atoms with Gasteiger partial charge in [0, 0.05) is 5.69 Å². The molecule has 98 valence electrons. The highest BCUT2D eigenvalue weighted by molar-refractivity contribution is 5.92. The fourth-order valence-corrected chi connectivity index (χ4v) is 1.82. The number of rotatable bonds is 3. The smallest absolute Gasteiger partial charge is 0.228 e. The van der Waals surface area contributed by atoms with Gasteiger partial charge < -0.3 is 11.1 Å². The summed E-state index contributed by atoms with van der Waals surface area (Å²) < 4.78 is 13.2. The Morgan fingerprint density at radius 3 is 2.74 bits per heavy atom. The highest BCUT2D eigenvalue weighted by atomic mass is 19.1. The zero-order valence-corrected chi connectivity index (χ0v) is 10.6. The number of hydrogen-bond acceptors (Lipinski definition) is 2. The normalized spacial score (nSPS) is 10.2. The second-order valence-electron chi connectivity index (χ2n) is 4.45. The lowest BCUT2D eigenvalue weighted by Gasteiger charge is -2.07. The summed E-state index contributed by atoms with van der Waals surface area (Å²) in [6, 6.07) is 11.9. The first-order valence-electron chi connectivity index (χ1n) is 5.95. The number of aryl methyl sites for hydroxylation is 1. The third kappa shape index (κ3) is 3.55. The molecule has 0 saturated carbocycles. The molecule has 0 bridgehead atoms. The Bertz CT molecular complexity index is 611. The van der Waals surface area contributed by atoms with E-state index in [1.54, 1.807) is 6.07 Å². The molecule has 3 N–H and O–H groups in total. The predicted octanol–water partition coefficient (Wildman–Crippen LogP) is 2.90. The quantitative estimate of drug-likeness (QED) is 0.832. The van der Waals surface area contributed by atoms with Gasteiger partial charge in [0.25, 0.3) is 0 Å². The van der Waals surface area contributed by atoms with Crippen LogP contribution in [0.15, 0.2) is 42.5 Å². The van der Waals surface area contributed by atoms with Crippen molar-refractivity contribution in [2.45, 2.75) is 13.3 Å². The summed E-state index contributed by atoms with van der Waals surface area (Å²) in [5, 5.41) is 2.64. The highest BCUT2D eigenvalue weighted by Gasteiger charge is 2.06. The van der Waals surface area contributed by atoms with Gasteiger partial charge in [-0.3, -0.25) is 4.79 Å². The molecule has 0 aliphatic heterocycles. The zero-order chi connectivity index (χ0) is 13.8. The van der Waals surface area contributed by atoms with Crippen molar-refractivity contribution in [2.24, 2.45) is 0 Å². The molecule has 0 heterocycles. The monoisotopic (exact) mass is 258 g/mol. The Balaban J connectivity index is 2.03. The van der Waals surface area contributed by atoms with Gasteiger partial charge in [0.1, 0.15) is 5.82 Å². The van der Waals surface area contributed by atoms with Crippen molar-refractivity contribution in [1.29, 1.82) is 0 Å². The summed E-state index contributed by atoms with van der Waals surface area (Å²) in [6.45, 7) is 1.97. The minimum absolute atomic E-state index is 0.0664. The van der Waals surface area contributed by atoms with Gasteiger partial charge in [-0.05, 0) is 30.7 Å². The molecule has 0 fully saturated rings. The first-order chi connectivity index (χ1) is 9.04. The van der Waals surface area contributed by atoms with E-state index in [0.29, 0.717) is 5.69 Å². The van der Waals surface area contributed by atoms with Crippen LogP contribution in [0.25, 0.3) is 0 Å². The summed E-state index contributed by atoms with van der Waals surface area (Å²) >= 11 is 0. The minimum atomic E-state index is -0.534. The van der Waals surface area contributed by atoms with Crippen molar-refractivity contribution in [3.63, 3.8) is 0 Å². The van der Waals surface area contributed by atoms with Gasteiger partial charge in [0.2, 0.25) is 5.91 Å². The summed E-state index contributed by atoms with van der Waals surface area (Å²) in [4.78, 5) is 11.8. The van der Waals surface area contributed by atoms with Crippen molar-refractivity contribution in [3.05, 3.63) is 59.4 Å². The fourth-order valence-electron chi connectivity index (χ4n) is 1.82. The van der Waals surface area contributed by atoms with E-state index in [0.717, 1.165) is 11.1 Å². The Kier molecular flexibility index (Phi) is 3.80. The second-order valence-corrected chi connectivity index (χ2v) is 4.45. The summed E-state index contributed by atoms with van der Waals surface area (Å²) in [5.74, 6) is -0.719. The van der Waals surface area contributed by atoms with Crippen molar-refractivity contribution >= 4 is 17.3 Å². The van der Waals surface area contributed by atoms with Crippen molar-refractivity contribution in [3.8, 4) is 0 Å². The Hall–Kier alpha value is -2.36. The molecule has 0 aromatic heterocycles. The van der Waals surface area contributed by atoms with Gasteiger partial charge in [0.05, 0.1) is 12.1 Å². The first kappa shape index (κ1) is 13.1. The summed E-state index contributed by atoms with van der Waals surface area (Å²) in [7, 11) is 0. The van der Waals surface area contributed by atoms with Crippen LogP contribution in [0.3, 0.4) is 0 Å². The molecule has 0 aliphatic rings. The number of nitrogens with one attached hydrogen (secondary N) is 1. The maximum absolute atomic E-state index is 13.2. The third-order valence-corrected chi connectivity index (χ3v) is 2.73. The summed E-state index contributed by atoms with van der Waals surface area (Å²) in [6.07, 6.45) is 0.258. The maximum Gasteiger partial charge on any atom is 0.228 e. The van der Waals surface area contributed by atoms with Crippen LogP contribution in [0.5, 0.6) is 0 Å². The number of nitrogens with two attached hydrogens (primary N) is 1. The topological polar surface area (TPSA) is 55.1 Å². The molecule has 3 nitrogen and oxygen atoms in total. The molecule has 0 spiro atoms. The van der Waals surface area contributed by atoms with Crippen molar-refractivity contribution < 1.29 is 9.18 Å². The van der Waals surface area contributed by atoms with E-state index >= 15 is 0 Å². The van der Waals surface area contributed by atoms with Crippen LogP contribution in [0, 0.1) is 12.7 Å². The fraction of sp³-hybridized carbons (Fsp3) is 0.133. The first-order valence-corrected chi connectivity index (χ1v) is 5.95. The molecular weight excluding hydrogens is 243 g/mol. The number of halogens is 1. The highest BCUT2D eigenvalue weighted by Crippen LogP contribution is 2.16. The van der Waals surface area contributed by atoms with Crippen molar-refractivity contribution in [1.82, 2.24) is 0 Å². The van der Waals surface area contributed by atoms with Crippen LogP contribution >= 0.6 is 0 Å². The lowest BCUT2D eigenvalue weighted by Crippen LogP contribution is -2.14. The predicted molar refractivity (Wildman–Crippen MR) is 74.3 cm³/mol. The average molecular weight is 258 g/mol.